The Morgan fingerprint density at radius 3 is 2.47 bits per heavy atom. The second kappa shape index (κ2) is 7.01. The van der Waals surface area contributed by atoms with Gasteiger partial charge in [0.25, 0.3) is 0 Å². The molecule has 0 aromatic heterocycles. The molecule has 1 aliphatic carbocycles. The molecule has 0 N–H and O–H groups in total. The Kier molecular flexibility index (Phi) is 5.98. The summed E-state index contributed by atoms with van der Waals surface area (Å²) in [6.07, 6.45) is 6.81. The van der Waals surface area contributed by atoms with Crippen LogP contribution < -0.4 is 0 Å². The maximum absolute atomic E-state index is 9.40. The summed E-state index contributed by atoms with van der Waals surface area (Å²) in [5.41, 5.74) is -0.0807. The van der Waals surface area contributed by atoms with E-state index in [1.54, 1.807) is 0 Å². The van der Waals surface area contributed by atoms with E-state index in [1.807, 2.05) is 0 Å². The first kappa shape index (κ1) is 14.5. The lowest BCUT2D eigenvalue weighted by molar-refractivity contribution is 0.0736. The lowest BCUT2D eigenvalue weighted by Crippen LogP contribution is -2.27. The Morgan fingerprint density at radius 2 is 2.00 bits per heavy atom. The largest absolute Gasteiger partial charge is 0.381 e. The molecule has 0 unspecified atom stereocenters. The van der Waals surface area contributed by atoms with Crippen molar-refractivity contribution < 1.29 is 4.74 Å². The minimum Gasteiger partial charge on any atom is -0.381 e. The number of hydrogen-bond acceptors (Lipinski definition) is 2. The van der Waals surface area contributed by atoms with E-state index >= 15 is 0 Å². The first-order valence-corrected chi connectivity index (χ1v) is 7.11. The van der Waals surface area contributed by atoms with Crippen LogP contribution in [0.15, 0.2) is 0 Å². The Morgan fingerprint density at radius 1 is 1.35 bits per heavy atom. The van der Waals surface area contributed by atoms with Gasteiger partial charge in [-0.1, -0.05) is 27.2 Å². The van der Waals surface area contributed by atoms with Gasteiger partial charge in [-0.2, -0.15) is 5.26 Å². The van der Waals surface area contributed by atoms with Gasteiger partial charge in [0, 0.05) is 13.2 Å². The van der Waals surface area contributed by atoms with Crippen molar-refractivity contribution in [3.05, 3.63) is 0 Å². The van der Waals surface area contributed by atoms with Crippen LogP contribution in [0.5, 0.6) is 0 Å². The number of rotatable bonds is 6. The van der Waals surface area contributed by atoms with Crippen molar-refractivity contribution in [2.75, 3.05) is 13.2 Å². The van der Waals surface area contributed by atoms with Gasteiger partial charge in [-0.05, 0) is 43.9 Å². The first-order chi connectivity index (χ1) is 8.12. The summed E-state index contributed by atoms with van der Waals surface area (Å²) in [7, 11) is 0. The summed E-state index contributed by atoms with van der Waals surface area (Å²) >= 11 is 0. The molecule has 1 saturated carbocycles. The average molecular weight is 237 g/mol. The van der Waals surface area contributed by atoms with Crippen molar-refractivity contribution in [1.29, 1.82) is 5.26 Å². The Labute approximate surface area is 106 Å². The quantitative estimate of drug-likeness (QED) is 0.650. The molecule has 17 heavy (non-hydrogen) atoms. The number of ether oxygens (including phenoxy) is 1. The van der Waals surface area contributed by atoms with E-state index in [0.717, 1.165) is 38.4 Å². The summed E-state index contributed by atoms with van der Waals surface area (Å²) in [5.74, 6) is 1.44. The van der Waals surface area contributed by atoms with Gasteiger partial charge in [0.2, 0.25) is 0 Å². The maximum atomic E-state index is 9.40. The maximum Gasteiger partial charge on any atom is 0.0690 e. The van der Waals surface area contributed by atoms with Crippen LogP contribution in [0.25, 0.3) is 0 Å². The topological polar surface area (TPSA) is 33.0 Å². The highest BCUT2D eigenvalue weighted by molar-refractivity contribution is 5.01. The smallest absolute Gasteiger partial charge is 0.0690 e. The highest BCUT2D eigenvalue weighted by atomic mass is 16.5. The van der Waals surface area contributed by atoms with Crippen molar-refractivity contribution in [3.63, 3.8) is 0 Å². The molecule has 2 nitrogen and oxygen atoms in total. The average Bonchev–Trinajstić information content (AvgIpc) is 2.35. The molecular formula is C15H27NO. The predicted octanol–water partition coefficient (Wildman–Crippen LogP) is 4.16. The molecule has 0 heterocycles. The van der Waals surface area contributed by atoms with Crippen molar-refractivity contribution >= 4 is 0 Å². The Hall–Kier alpha value is -0.550. The van der Waals surface area contributed by atoms with Crippen LogP contribution in [0.1, 0.15) is 59.3 Å². The van der Waals surface area contributed by atoms with E-state index in [2.05, 4.69) is 26.8 Å². The highest BCUT2D eigenvalue weighted by Gasteiger charge is 2.34. The normalized spacial score (nSPS) is 29.2. The van der Waals surface area contributed by atoms with E-state index in [-0.39, 0.29) is 5.41 Å². The number of nitriles is 1. The molecule has 98 valence electrons. The fraction of sp³-hybridized carbons (Fsp3) is 0.933. The molecule has 0 amide bonds. The zero-order chi connectivity index (χ0) is 12.7. The van der Waals surface area contributed by atoms with Gasteiger partial charge in [-0.3, -0.25) is 0 Å². The summed E-state index contributed by atoms with van der Waals surface area (Å²) in [6.45, 7) is 8.15. The van der Waals surface area contributed by atoms with Crippen LogP contribution in [0.2, 0.25) is 0 Å². The van der Waals surface area contributed by atoms with Crippen LogP contribution in [-0.2, 0) is 4.74 Å². The van der Waals surface area contributed by atoms with E-state index < -0.39 is 0 Å². The molecule has 2 heteroatoms. The summed E-state index contributed by atoms with van der Waals surface area (Å²) < 4.78 is 5.63. The summed E-state index contributed by atoms with van der Waals surface area (Å²) in [5, 5.41) is 9.40. The van der Waals surface area contributed by atoms with Crippen LogP contribution in [-0.4, -0.2) is 13.2 Å². The molecular weight excluding hydrogens is 210 g/mol. The molecule has 0 aromatic rings. The highest BCUT2D eigenvalue weighted by Crippen LogP contribution is 2.41. The van der Waals surface area contributed by atoms with Gasteiger partial charge in [0.1, 0.15) is 0 Å². The van der Waals surface area contributed by atoms with Gasteiger partial charge in [-0.25, -0.2) is 0 Å². The number of hydrogen-bond donors (Lipinski definition) is 0. The Bertz CT molecular complexity index is 246. The van der Waals surface area contributed by atoms with Gasteiger partial charge in [0.15, 0.2) is 0 Å². The predicted molar refractivity (Wildman–Crippen MR) is 70.6 cm³/mol. The van der Waals surface area contributed by atoms with Crippen LogP contribution in [0, 0.1) is 28.6 Å². The molecule has 0 radical (unpaired) electrons. The minimum atomic E-state index is -0.0807. The zero-order valence-corrected chi connectivity index (χ0v) is 11.7. The lowest BCUT2D eigenvalue weighted by Gasteiger charge is -2.34. The molecule has 0 aromatic carbocycles. The fourth-order valence-corrected chi connectivity index (χ4v) is 2.64. The molecule has 0 atom stereocenters. The minimum absolute atomic E-state index is 0.0807. The van der Waals surface area contributed by atoms with Crippen LogP contribution in [0.4, 0.5) is 0 Å². The third-order valence-electron chi connectivity index (χ3n) is 4.05. The third kappa shape index (κ3) is 4.68. The van der Waals surface area contributed by atoms with Crippen molar-refractivity contribution in [2.45, 2.75) is 59.3 Å². The van der Waals surface area contributed by atoms with E-state index in [1.165, 1.54) is 19.3 Å². The molecule has 0 bridgehead atoms. The van der Waals surface area contributed by atoms with Crippen molar-refractivity contribution in [2.24, 2.45) is 17.3 Å². The molecule has 1 aliphatic rings. The molecule has 0 saturated heterocycles. The standard InChI is InChI=1S/C15H27NO/c1-4-14-5-7-15(12-16,8-6-14)9-10-17-11-13(2)3/h13-14H,4-11H2,1-3H3. The van der Waals surface area contributed by atoms with Gasteiger partial charge >= 0.3 is 0 Å². The Balaban J connectivity index is 2.31. The molecule has 1 rings (SSSR count). The molecule has 0 spiro atoms. The van der Waals surface area contributed by atoms with E-state index in [9.17, 15) is 5.26 Å². The monoisotopic (exact) mass is 237 g/mol. The fourth-order valence-electron chi connectivity index (χ4n) is 2.64. The van der Waals surface area contributed by atoms with Crippen molar-refractivity contribution in [3.8, 4) is 6.07 Å². The van der Waals surface area contributed by atoms with E-state index in [4.69, 9.17) is 4.74 Å². The first-order valence-electron chi connectivity index (χ1n) is 7.11. The summed E-state index contributed by atoms with van der Waals surface area (Å²) in [4.78, 5) is 0. The number of nitrogens with zero attached hydrogens (tertiary/aromatic N) is 1. The summed E-state index contributed by atoms with van der Waals surface area (Å²) in [6, 6.07) is 2.57. The second-order valence-corrected chi connectivity index (χ2v) is 5.96. The second-order valence-electron chi connectivity index (χ2n) is 5.96. The van der Waals surface area contributed by atoms with Crippen LogP contribution >= 0.6 is 0 Å². The molecule has 1 fully saturated rings. The van der Waals surface area contributed by atoms with Crippen molar-refractivity contribution in [1.82, 2.24) is 0 Å². The third-order valence-corrected chi connectivity index (χ3v) is 4.05. The van der Waals surface area contributed by atoms with Crippen LogP contribution in [0.3, 0.4) is 0 Å². The van der Waals surface area contributed by atoms with E-state index in [0.29, 0.717) is 5.92 Å². The van der Waals surface area contributed by atoms with Gasteiger partial charge < -0.3 is 4.74 Å². The SMILES string of the molecule is CCC1CCC(C#N)(CCOCC(C)C)CC1. The van der Waals surface area contributed by atoms with Gasteiger partial charge in [-0.15, -0.1) is 0 Å². The lowest BCUT2D eigenvalue weighted by atomic mass is 9.69. The molecule has 0 aliphatic heterocycles. The van der Waals surface area contributed by atoms with Gasteiger partial charge in [0.05, 0.1) is 11.5 Å². The zero-order valence-electron chi connectivity index (χ0n) is 11.7.